The molecule has 2 heterocycles. The first-order chi connectivity index (χ1) is 9.94. The van der Waals surface area contributed by atoms with E-state index in [1.165, 1.54) is 4.52 Å². The number of rotatable bonds is 5. The van der Waals surface area contributed by atoms with Crippen LogP contribution in [-0.4, -0.2) is 66.2 Å². The summed E-state index contributed by atoms with van der Waals surface area (Å²) in [5, 5.41) is 34.0. The zero-order valence-electron chi connectivity index (χ0n) is 11.7. The summed E-state index contributed by atoms with van der Waals surface area (Å²) in [5.41, 5.74) is -0.0102. The minimum atomic E-state index is -1.52. The lowest BCUT2D eigenvalue weighted by atomic mass is 10.0. The van der Waals surface area contributed by atoms with Crippen LogP contribution in [0.2, 0.25) is 0 Å². The Kier molecular flexibility index (Phi) is 4.16. The van der Waals surface area contributed by atoms with Gasteiger partial charge in [0, 0.05) is 11.4 Å². The van der Waals surface area contributed by atoms with E-state index >= 15 is 0 Å². The third-order valence-electron chi connectivity index (χ3n) is 3.11. The van der Waals surface area contributed by atoms with Crippen molar-refractivity contribution < 1.29 is 20.1 Å². The predicted octanol–water partition coefficient (Wildman–Crippen LogP) is -1.81. The molecule has 0 bridgehead atoms. The molecule has 114 valence electrons. The average Bonchev–Trinajstić information content (AvgIpc) is 2.89. The molecule has 2 rings (SSSR count). The van der Waals surface area contributed by atoms with E-state index in [1.54, 1.807) is 19.9 Å². The standard InChI is InChI=1S/C12H17N5O4/c1-7-3-8(2)17-11(13-7)14-9(16-17)10(21)15-12(4-18,5-19)6-20/h3,18-20H,4-6H2,1-2H3,(H,15,21). The van der Waals surface area contributed by atoms with Crippen LogP contribution >= 0.6 is 0 Å². The van der Waals surface area contributed by atoms with E-state index in [0.717, 1.165) is 11.4 Å². The van der Waals surface area contributed by atoms with E-state index < -0.39 is 31.3 Å². The Morgan fingerprint density at radius 3 is 2.43 bits per heavy atom. The second-order valence-corrected chi connectivity index (χ2v) is 4.89. The molecule has 2 aromatic rings. The van der Waals surface area contributed by atoms with Gasteiger partial charge < -0.3 is 20.6 Å². The lowest BCUT2D eigenvalue weighted by molar-refractivity contribution is 0.0371. The van der Waals surface area contributed by atoms with Crippen molar-refractivity contribution in [3.05, 3.63) is 23.3 Å². The number of amides is 1. The van der Waals surface area contributed by atoms with Gasteiger partial charge in [-0.3, -0.25) is 4.79 Å². The number of aliphatic hydroxyl groups is 3. The smallest absolute Gasteiger partial charge is 0.291 e. The van der Waals surface area contributed by atoms with E-state index in [2.05, 4.69) is 20.4 Å². The summed E-state index contributed by atoms with van der Waals surface area (Å²) >= 11 is 0. The Bertz CT molecular complexity index is 657. The normalized spacial score (nSPS) is 11.9. The van der Waals surface area contributed by atoms with Crippen LogP contribution in [0.3, 0.4) is 0 Å². The summed E-state index contributed by atoms with van der Waals surface area (Å²) in [4.78, 5) is 20.3. The van der Waals surface area contributed by atoms with Gasteiger partial charge in [0.2, 0.25) is 5.82 Å². The van der Waals surface area contributed by atoms with Crippen molar-refractivity contribution in [2.24, 2.45) is 0 Å². The topological polar surface area (TPSA) is 133 Å². The number of nitrogens with zero attached hydrogens (tertiary/aromatic N) is 4. The fourth-order valence-corrected chi connectivity index (χ4v) is 1.83. The molecule has 9 nitrogen and oxygen atoms in total. The molecule has 21 heavy (non-hydrogen) atoms. The van der Waals surface area contributed by atoms with Crippen molar-refractivity contribution in [3.63, 3.8) is 0 Å². The fraction of sp³-hybridized carbons (Fsp3) is 0.500. The Morgan fingerprint density at radius 2 is 1.86 bits per heavy atom. The van der Waals surface area contributed by atoms with Gasteiger partial charge in [0.1, 0.15) is 5.54 Å². The Balaban J connectivity index is 2.34. The molecule has 0 radical (unpaired) electrons. The van der Waals surface area contributed by atoms with Crippen LogP contribution in [0.25, 0.3) is 5.78 Å². The average molecular weight is 295 g/mol. The number of aliphatic hydroxyl groups excluding tert-OH is 3. The quantitative estimate of drug-likeness (QED) is 0.511. The van der Waals surface area contributed by atoms with Crippen LogP contribution < -0.4 is 5.32 Å². The summed E-state index contributed by atoms with van der Waals surface area (Å²) < 4.78 is 1.42. The van der Waals surface area contributed by atoms with Crippen molar-refractivity contribution in [1.29, 1.82) is 0 Å². The molecule has 0 aliphatic rings. The van der Waals surface area contributed by atoms with Gasteiger partial charge in [-0.1, -0.05) is 0 Å². The van der Waals surface area contributed by atoms with Crippen LogP contribution in [0.1, 0.15) is 22.0 Å². The molecular weight excluding hydrogens is 278 g/mol. The number of aromatic nitrogens is 4. The van der Waals surface area contributed by atoms with Crippen LogP contribution in [0, 0.1) is 13.8 Å². The minimum Gasteiger partial charge on any atom is -0.394 e. The number of nitrogens with one attached hydrogen (secondary N) is 1. The van der Waals surface area contributed by atoms with Gasteiger partial charge in [0.05, 0.1) is 19.8 Å². The van der Waals surface area contributed by atoms with E-state index in [1.807, 2.05) is 0 Å². The molecule has 0 saturated heterocycles. The molecule has 0 unspecified atom stereocenters. The van der Waals surface area contributed by atoms with Crippen LogP contribution in [0.4, 0.5) is 0 Å². The highest BCUT2D eigenvalue weighted by molar-refractivity contribution is 5.91. The molecule has 0 fully saturated rings. The zero-order valence-corrected chi connectivity index (χ0v) is 11.7. The summed E-state index contributed by atoms with van der Waals surface area (Å²) in [6.07, 6.45) is 0. The predicted molar refractivity (Wildman–Crippen MR) is 71.7 cm³/mol. The first kappa shape index (κ1) is 15.3. The molecular formula is C12H17N5O4. The second kappa shape index (κ2) is 5.72. The minimum absolute atomic E-state index is 0.157. The van der Waals surface area contributed by atoms with Gasteiger partial charge in [-0.05, 0) is 19.9 Å². The highest BCUT2D eigenvalue weighted by Crippen LogP contribution is 2.07. The number of aryl methyl sites for hydroxylation is 2. The lowest BCUT2D eigenvalue weighted by Gasteiger charge is -2.27. The molecule has 1 amide bonds. The molecule has 0 spiro atoms. The van der Waals surface area contributed by atoms with Crippen LogP contribution in [-0.2, 0) is 0 Å². The Morgan fingerprint density at radius 1 is 1.24 bits per heavy atom. The van der Waals surface area contributed by atoms with Crippen LogP contribution in [0.5, 0.6) is 0 Å². The maximum absolute atomic E-state index is 12.1. The number of hydrogen-bond acceptors (Lipinski definition) is 7. The first-order valence-corrected chi connectivity index (χ1v) is 6.31. The van der Waals surface area contributed by atoms with Gasteiger partial charge >= 0.3 is 0 Å². The highest BCUT2D eigenvalue weighted by Gasteiger charge is 2.31. The Hall–Kier alpha value is -2.10. The second-order valence-electron chi connectivity index (χ2n) is 4.89. The summed E-state index contributed by atoms with van der Waals surface area (Å²) in [6, 6.07) is 1.79. The first-order valence-electron chi connectivity index (χ1n) is 6.31. The summed E-state index contributed by atoms with van der Waals surface area (Å²) in [5.74, 6) is -0.592. The molecule has 0 aromatic carbocycles. The van der Waals surface area contributed by atoms with Crippen molar-refractivity contribution in [1.82, 2.24) is 24.9 Å². The maximum Gasteiger partial charge on any atom is 0.291 e. The van der Waals surface area contributed by atoms with E-state index in [0.29, 0.717) is 0 Å². The number of fused-ring (bicyclic) bond motifs is 1. The van der Waals surface area contributed by atoms with Gasteiger partial charge in [-0.15, -0.1) is 5.10 Å². The fourth-order valence-electron chi connectivity index (χ4n) is 1.83. The highest BCUT2D eigenvalue weighted by atomic mass is 16.3. The van der Waals surface area contributed by atoms with Crippen molar-refractivity contribution in [2.75, 3.05) is 19.8 Å². The van der Waals surface area contributed by atoms with E-state index in [4.69, 9.17) is 0 Å². The van der Waals surface area contributed by atoms with E-state index in [-0.39, 0.29) is 11.6 Å². The Labute approximate surface area is 120 Å². The molecule has 2 aromatic heterocycles. The molecule has 9 heteroatoms. The third kappa shape index (κ3) is 2.84. The number of carbonyl (C=O) groups excluding carboxylic acids is 1. The van der Waals surface area contributed by atoms with Gasteiger partial charge in [-0.25, -0.2) is 9.50 Å². The van der Waals surface area contributed by atoms with E-state index in [9.17, 15) is 20.1 Å². The molecule has 0 aliphatic carbocycles. The summed E-state index contributed by atoms with van der Waals surface area (Å²) in [7, 11) is 0. The zero-order chi connectivity index (χ0) is 15.6. The van der Waals surface area contributed by atoms with Gasteiger partial charge in [0.25, 0.3) is 11.7 Å². The SMILES string of the molecule is Cc1cc(C)n2nc(C(=O)NC(CO)(CO)CO)nc2n1. The molecule has 0 aliphatic heterocycles. The van der Waals surface area contributed by atoms with Crippen LogP contribution in [0.15, 0.2) is 6.07 Å². The molecule has 0 atom stereocenters. The molecule has 0 saturated carbocycles. The number of carbonyl (C=O) groups is 1. The largest absolute Gasteiger partial charge is 0.394 e. The number of hydrogen-bond donors (Lipinski definition) is 4. The molecule has 4 N–H and O–H groups in total. The lowest BCUT2D eigenvalue weighted by Crippen LogP contribution is -2.57. The van der Waals surface area contributed by atoms with Crippen molar-refractivity contribution in [2.45, 2.75) is 19.4 Å². The van der Waals surface area contributed by atoms with Gasteiger partial charge in [-0.2, -0.15) is 4.98 Å². The van der Waals surface area contributed by atoms with Gasteiger partial charge in [0.15, 0.2) is 0 Å². The maximum atomic E-state index is 12.1. The summed E-state index contributed by atoms with van der Waals surface area (Å²) in [6.45, 7) is 1.76. The monoisotopic (exact) mass is 295 g/mol. The van der Waals surface area contributed by atoms with Crippen molar-refractivity contribution >= 4 is 11.7 Å². The van der Waals surface area contributed by atoms with Crippen molar-refractivity contribution in [3.8, 4) is 0 Å². The third-order valence-corrected chi connectivity index (χ3v) is 3.11.